The van der Waals surface area contributed by atoms with E-state index in [1.807, 2.05) is 12.3 Å². The summed E-state index contributed by atoms with van der Waals surface area (Å²) in [5.74, 6) is 0.750. The van der Waals surface area contributed by atoms with Crippen molar-refractivity contribution in [3.63, 3.8) is 0 Å². The number of H-pyrrole nitrogens is 1. The summed E-state index contributed by atoms with van der Waals surface area (Å²) in [5.41, 5.74) is 6.93. The van der Waals surface area contributed by atoms with Crippen LogP contribution in [0.3, 0.4) is 0 Å². The maximum atomic E-state index is 5.67. The molecule has 56 valence electrons. The van der Waals surface area contributed by atoms with E-state index in [1.54, 1.807) is 0 Å². The topological polar surface area (TPSA) is 41.8 Å². The second-order valence-electron chi connectivity index (χ2n) is 2.79. The quantitative estimate of drug-likeness (QED) is 0.587. The Labute approximate surface area is 65.0 Å². The van der Waals surface area contributed by atoms with Crippen LogP contribution in [0, 0.1) is 6.92 Å². The summed E-state index contributed by atoms with van der Waals surface area (Å²) in [4.78, 5) is 2.98. The molecule has 2 aromatic rings. The van der Waals surface area contributed by atoms with Crippen LogP contribution in [-0.2, 0) is 0 Å². The number of aryl methyl sites for hydroxylation is 1. The number of aromatic nitrogens is 1. The zero-order chi connectivity index (χ0) is 7.84. The standard InChI is InChI=1S/C9H10N2/c1-6-2-3-8-7(4-6)5-11-9(8)10/h2-5,11H,10H2,1H3. The molecule has 1 aromatic carbocycles. The highest BCUT2D eigenvalue weighted by molar-refractivity contribution is 5.92. The number of aromatic amines is 1. The van der Waals surface area contributed by atoms with Crippen LogP contribution in [-0.4, -0.2) is 4.98 Å². The van der Waals surface area contributed by atoms with Crippen LogP contribution >= 0.6 is 0 Å². The summed E-state index contributed by atoms with van der Waals surface area (Å²) in [6, 6.07) is 6.21. The Balaban J connectivity index is 2.86. The van der Waals surface area contributed by atoms with E-state index in [9.17, 15) is 0 Å². The minimum absolute atomic E-state index is 0.750. The van der Waals surface area contributed by atoms with E-state index >= 15 is 0 Å². The number of hydrogen-bond acceptors (Lipinski definition) is 1. The van der Waals surface area contributed by atoms with Gasteiger partial charge in [0, 0.05) is 17.0 Å². The Morgan fingerprint density at radius 2 is 2.18 bits per heavy atom. The van der Waals surface area contributed by atoms with Gasteiger partial charge >= 0.3 is 0 Å². The van der Waals surface area contributed by atoms with E-state index < -0.39 is 0 Å². The Morgan fingerprint density at radius 3 is 3.00 bits per heavy atom. The molecule has 0 unspecified atom stereocenters. The van der Waals surface area contributed by atoms with Gasteiger partial charge in [-0.1, -0.05) is 17.7 Å². The van der Waals surface area contributed by atoms with E-state index in [0.29, 0.717) is 0 Å². The Bertz CT molecular complexity index is 387. The summed E-state index contributed by atoms with van der Waals surface area (Å²) in [5, 5.41) is 2.29. The molecule has 2 heteroatoms. The van der Waals surface area contributed by atoms with Gasteiger partial charge in [-0.05, 0) is 13.0 Å². The average Bonchev–Trinajstić information content (AvgIpc) is 2.32. The van der Waals surface area contributed by atoms with E-state index in [0.717, 1.165) is 11.2 Å². The maximum absolute atomic E-state index is 5.67. The van der Waals surface area contributed by atoms with Crippen molar-refractivity contribution in [2.75, 3.05) is 5.73 Å². The SMILES string of the molecule is Cc1ccc2c(N)[nH]cc2c1. The number of nitrogens with one attached hydrogen (secondary N) is 1. The predicted octanol–water partition coefficient (Wildman–Crippen LogP) is 2.06. The molecular weight excluding hydrogens is 136 g/mol. The number of rotatable bonds is 0. The molecular formula is C9H10N2. The molecule has 1 heterocycles. The van der Waals surface area contributed by atoms with Crippen molar-refractivity contribution in [3.05, 3.63) is 30.0 Å². The molecule has 0 saturated heterocycles. The largest absolute Gasteiger partial charge is 0.385 e. The molecule has 0 atom stereocenters. The Morgan fingerprint density at radius 1 is 1.36 bits per heavy atom. The van der Waals surface area contributed by atoms with E-state index in [-0.39, 0.29) is 0 Å². The molecule has 0 aliphatic heterocycles. The number of nitrogens with two attached hydrogens (primary N) is 1. The molecule has 0 fully saturated rings. The summed E-state index contributed by atoms with van der Waals surface area (Å²) < 4.78 is 0. The van der Waals surface area contributed by atoms with Crippen molar-refractivity contribution in [1.82, 2.24) is 4.98 Å². The van der Waals surface area contributed by atoms with Crippen LogP contribution < -0.4 is 5.73 Å². The molecule has 2 rings (SSSR count). The first-order valence-corrected chi connectivity index (χ1v) is 3.60. The van der Waals surface area contributed by atoms with Gasteiger partial charge < -0.3 is 10.7 Å². The minimum atomic E-state index is 0.750. The third-order valence-corrected chi connectivity index (χ3v) is 1.88. The molecule has 0 aliphatic rings. The lowest BCUT2D eigenvalue weighted by atomic mass is 10.1. The fourth-order valence-electron chi connectivity index (χ4n) is 1.28. The lowest BCUT2D eigenvalue weighted by Crippen LogP contribution is -1.82. The van der Waals surface area contributed by atoms with Crippen molar-refractivity contribution >= 4 is 16.6 Å². The molecule has 0 saturated carbocycles. The van der Waals surface area contributed by atoms with Crippen molar-refractivity contribution in [3.8, 4) is 0 Å². The van der Waals surface area contributed by atoms with Crippen LogP contribution in [0.4, 0.5) is 5.82 Å². The molecule has 3 N–H and O–H groups in total. The van der Waals surface area contributed by atoms with Gasteiger partial charge in [-0.25, -0.2) is 0 Å². The number of anilines is 1. The highest BCUT2D eigenvalue weighted by Gasteiger charge is 1.97. The van der Waals surface area contributed by atoms with Crippen molar-refractivity contribution in [1.29, 1.82) is 0 Å². The highest BCUT2D eigenvalue weighted by Crippen LogP contribution is 2.20. The summed E-state index contributed by atoms with van der Waals surface area (Å²) in [6.07, 6.45) is 1.93. The monoisotopic (exact) mass is 146 g/mol. The fourth-order valence-corrected chi connectivity index (χ4v) is 1.28. The van der Waals surface area contributed by atoms with Crippen LogP contribution in [0.15, 0.2) is 24.4 Å². The smallest absolute Gasteiger partial charge is 0.108 e. The van der Waals surface area contributed by atoms with Crippen molar-refractivity contribution in [2.45, 2.75) is 6.92 Å². The third-order valence-electron chi connectivity index (χ3n) is 1.88. The maximum Gasteiger partial charge on any atom is 0.108 e. The zero-order valence-corrected chi connectivity index (χ0v) is 6.39. The average molecular weight is 146 g/mol. The second-order valence-corrected chi connectivity index (χ2v) is 2.79. The summed E-state index contributed by atoms with van der Waals surface area (Å²) in [7, 11) is 0. The summed E-state index contributed by atoms with van der Waals surface area (Å²) >= 11 is 0. The van der Waals surface area contributed by atoms with Gasteiger partial charge in [0.2, 0.25) is 0 Å². The predicted molar refractivity (Wildman–Crippen MR) is 47.4 cm³/mol. The van der Waals surface area contributed by atoms with E-state index in [2.05, 4.69) is 24.0 Å². The van der Waals surface area contributed by atoms with Gasteiger partial charge in [0.05, 0.1) is 0 Å². The van der Waals surface area contributed by atoms with Gasteiger partial charge in [0.25, 0.3) is 0 Å². The van der Waals surface area contributed by atoms with Gasteiger partial charge in [-0.3, -0.25) is 0 Å². The first-order valence-electron chi connectivity index (χ1n) is 3.60. The normalized spacial score (nSPS) is 10.6. The van der Waals surface area contributed by atoms with Gasteiger partial charge in [-0.2, -0.15) is 0 Å². The lowest BCUT2D eigenvalue weighted by molar-refractivity contribution is 1.43. The molecule has 0 amide bonds. The Hall–Kier alpha value is -1.44. The first-order chi connectivity index (χ1) is 5.27. The van der Waals surface area contributed by atoms with Crippen LogP contribution in [0.25, 0.3) is 10.8 Å². The van der Waals surface area contributed by atoms with Crippen molar-refractivity contribution in [2.24, 2.45) is 0 Å². The van der Waals surface area contributed by atoms with E-state index in [1.165, 1.54) is 10.9 Å². The third kappa shape index (κ3) is 0.871. The minimum Gasteiger partial charge on any atom is -0.385 e. The fraction of sp³-hybridized carbons (Fsp3) is 0.111. The molecule has 0 radical (unpaired) electrons. The first kappa shape index (κ1) is 6.28. The van der Waals surface area contributed by atoms with Crippen molar-refractivity contribution < 1.29 is 0 Å². The van der Waals surface area contributed by atoms with Crippen LogP contribution in [0.2, 0.25) is 0 Å². The van der Waals surface area contributed by atoms with Crippen LogP contribution in [0.1, 0.15) is 5.56 Å². The zero-order valence-electron chi connectivity index (χ0n) is 6.39. The Kier molecular flexibility index (Phi) is 1.15. The summed E-state index contributed by atoms with van der Waals surface area (Å²) in [6.45, 7) is 2.07. The second kappa shape index (κ2) is 2.02. The number of hydrogen-bond donors (Lipinski definition) is 2. The highest BCUT2D eigenvalue weighted by atomic mass is 14.8. The molecule has 2 nitrogen and oxygen atoms in total. The van der Waals surface area contributed by atoms with Crippen LogP contribution in [0.5, 0.6) is 0 Å². The molecule has 1 aromatic heterocycles. The molecule has 0 spiro atoms. The molecule has 0 bridgehead atoms. The molecule has 11 heavy (non-hydrogen) atoms. The van der Waals surface area contributed by atoms with E-state index in [4.69, 9.17) is 5.73 Å². The molecule has 0 aliphatic carbocycles. The number of nitrogen functional groups attached to an aromatic ring is 1. The number of fused-ring (bicyclic) bond motifs is 1. The number of benzene rings is 1. The van der Waals surface area contributed by atoms with Gasteiger partial charge in [-0.15, -0.1) is 0 Å². The van der Waals surface area contributed by atoms with Gasteiger partial charge in [0.15, 0.2) is 0 Å². The van der Waals surface area contributed by atoms with Gasteiger partial charge in [0.1, 0.15) is 5.82 Å². The lowest BCUT2D eigenvalue weighted by Gasteiger charge is -1.92.